The van der Waals surface area contributed by atoms with E-state index in [1.807, 2.05) is 37.4 Å². The van der Waals surface area contributed by atoms with Crippen LogP contribution in [0.1, 0.15) is 41.0 Å². The quantitative estimate of drug-likeness (QED) is 0.590. The Balaban J connectivity index is 1.58. The number of amides is 3. The zero-order valence-corrected chi connectivity index (χ0v) is 18.0. The molecule has 31 heavy (non-hydrogen) atoms. The first-order chi connectivity index (χ1) is 15.0. The molecule has 0 spiro atoms. The number of carbonyl (C=O) groups excluding carboxylic acids is 3. The van der Waals surface area contributed by atoms with Gasteiger partial charge in [-0.15, -0.1) is 0 Å². The molecule has 2 heterocycles. The number of anilines is 1. The molecule has 9 heteroatoms. The van der Waals surface area contributed by atoms with E-state index in [2.05, 4.69) is 15.7 Å². The van der Waals surface area contributed by atoms with E-state index in [4.69, 9.17) is 4.74 Å². The summed E-state index contributed by atoms with van der Waals surface area (Å²) in [6.45, 7) is 1.97. The number of hydrogen-bond donors (Lipinski definition) is 2. The van der Waals surface area contributed by atoms with Crippen molar-refractivity contribution in [1.82, 2.24) is 20.0 Å². The van der Waals surface area contributed by atoms with Crippen molar-refractivity contribution in [3.05, 3.63) is 47.3 Å². The molecule has 0 saturated carbocycles. The predicted molar refractivity (Wildman–Crippen MR) is 115 cm³/mol. The Bertz CT molecular complexity index is 925. The second kappa shape index (κ2) is 10.7. The smallest absolute Gasteiger partial charge is 0.276 e. The van der Waals surface area contributed by atoms with Gasteiger partial charge in [0.15, 0.2) is 5.69 Å². The lowest BCUT2D eigenvalue weighted by Gasteiger charge is -2.27. The third-order valence-corrected chi connectivity index (χ3v) is 5.26. The summed E-state index contributed by atoms with van der Waals surface area (Å²) in [5, 5.41) is 10.0. The van der Waals surface area contributed by atoms with Gasteiger partial charge in [-0.1, -0.05) is 18.2 Å². The molecule has 2 aromatic rings. The van der Waals surface area contributed by atoms with Crippen LogP contribution in [-0.2, 0) is 34.3 Å². The minimum atomic E-state index is -0.298. The highest BCUT2D eigenvalue weighted by atomic mass is 16.5. The number of methoxy groups -OCH3 is 1. The number of para-hydroxylation sites is 1. The van der Waals surface area contributed by atoms with Gasteiger partial charge in [0.2, 0.25) is 11.8 Å². The maximum Gasteiger partial charge on any atom is 0.276 e. The van der Waals surface area contributed by atoms with Crippen LogP contribution >= 0.6 is 0 Å². The number of hydrogen-bond acceptors (Lipinski definition) is 5. The average molecular weight is 428 g/mol. The van der Waals surface area contributed by atoms with Gasteiger partial charge in [-0.05, 0) is 18.6 Å². The summed E-state index contributed by atoms with van der Waals surface area (Å²) < 4.78 is 6.66. The first kappa shape index (κ1) is 22.5. The molecule has 0 saturated heterocycles. The van der Waals surface area contributed by atoms with Crippen LogP contribution in [0.25, 0.3) is 0 Å². The SMILES string of the molecule is COCCCNC(=O)CCC(=O)N1CCc2c(c(C(=O)Nc3ccccc3)nn2C)C1. The van der Waals surface area contributed by atoms with Gasteiger partial charge < -0.3 is 20.3 Å². The van der Waals surface area contributed by atoms with Crippen LogP contribution < -0.4 is 10.6 Å². The lowest BCUT2D eigenvalue weighted by molar-refractivity contribution is -0.134. The third kappa shape index (κ3) is 5.91. The molecule has 2 N–H and O–H groups in total. The number of aromatic nitrogens is 2. The van der Waals surface area contributed by atoms with Crippen molar-refractivity contribution in [2.24, 2.45) is 7.05 Å². The Morgan fingerprint density at radius 3 is 2.68 bits per heavy atom. The van der Waals surface area contributed by atoms with E-state index in [9.17, 15) is 14.4 Å². The van der Waals surface area contributed by atoms with Crippen LogP contribution in [0.2, 0.25) is 0 Å². The molecule has 1 aliphatic rings. The lowest BCUT2D eigenvalue weighted by Crippen LogP contribution is -2.37. The summed E-state index contributed by atoms with van der Waals surface area (Å²) in [6.07, 6.45) is 1.63. The van der Waals surface area contributed by atoms with Crippen LogP contribution in [0.5, 0.6) is 0 Å². The molecule has 1 aromatic heterocycles. The largest absolute Gasteiger partial charge is 0.385 e. The number of carbonyl (C=O) groups is 3. The van der Waals surface area contributed by atoms with Crippen molar-refractivity contribution in [2.45, 2.75) is 32.2 Å². The first-order valence-electron chi connectivity index (χ1n) is 10.4. The Labute approximate surface area is 181 Å². The molecule has 3 rings (SSSR count). The van der Waals surface area contributed by atoms with Gasteiger partial charge in [0.1, 0.15) is 0 Å². The number of aryl methyl sites for hydroxylation is 1. The summed E-state index contributed by atoms with van der Waals surface area (Å²) >= 11 is 0. The molecule has 3 amide bonds. The topological polar surface area (TPSA) is 106 Å². The van der Waals surface area contributed by atoms with E-state index >= 15 is 0 Å². The molecule has 0 atom stereocenters. The molecule has 0 aliphatic carbocycles. The molecule has 1 aliphatic heterocycles. The van der Waals surface area contributed by atoms with E-state index in [1.54, 1.807) is 16.7 Å². The van der Waals surface area contributed by atoms with Gasteiger partial charge in [0.25, 0.3) is 5.91 Å². The lowest BCUT2D eigenvalue weighted by atomic mass is 10.0. The van der Waals surface area contributed by atoms with Crippen LogP contribution in [0, 0.1) is 0 Å². The van der Waals surface area contributed by atoms with E-state index in [0.29, 0.717) is 44.0 Å². The number of rotatable bonds is 9. The second-order valence-electron chi connectivity index (χ2n) is 7.48. The highest BCUT2D eigenvalue weighted by molar-refractivity contribution is 6.04. The predicted octanol–water partition coefficient (Wildman–Crippen LogP) is 1.49. The van der Waals surface area contributed by atoms with Gasteiger partial charge in [-0.2, -0.15) is 5.10 Å². The fourth-order valence-electron chi connectivity index (χ4n) is 3.61. The Hall–Kier alpha value is -3.20. The molecule has 0 bridgehead atoms. The maximum atomic E-state index is 12.8. The van der Waals surface area contributed by atoms with Crippen LogP contribution in [0.4, 0.5) is 5.69 Å². The van der Waals surface area contributed by atoms with Gasteiger partial charge in [0.05, 0.1) is 0 Å². The summed E-state index contributed by atoms with van der Waals surface area (Å²) in [5.74, 6) is -0.546. The standard InChI is InChI=1S/C22H29N5O4/c1-26-18-11-13-27(20(29)10-9-19(28)23-12-6-14-31-2)15-17(18)21(25-26)22(30)24-16-7-4-3-5-8-16/h3-5,7-8H,6,9-15H2,1-2H3,(H,23,28)(H,24,30). The van der Waals surface area contributed by atoms with Crippen molar-refractivity contribution >= 4 is 23.4 Å². The molecule has 0 unspecified atom stereocenters. The van der Waals surface area contributed by atoms with Gasteiger partial charge in [-0.25, -0.2) is 0 Å². The third-order valence-electron chi connectivity index (χ3n) is 5.26. The average Bonchev–Trinajstić information content (AvgIpc) is 3.12. The minimum Gasteiger partial charge on any atom is -0.385 e. The molecule has 0 fully saturated rings. The van der Waals surface area contributed by atoms with Crippen LogP contribution in [0.3, 0.4) is 0 Å². The molecule has 166 valence electrons. The Kier molecular flexibility index (Phi) is 7.77. The monoisotopic (exact) mass is 427 g/mol. The molecule has 0 radical (unpaired) electrons. The highest BCUT2D eigenvalue weighted by Crippen LogP contribution is 2.23. The molecule has 1 aromatic carbocycles. The number of nitrogens with zero attached hydrogens (tertiary/aromatic N) is 3. The van der Waals surface area contributed by atoms with Crippen molar-refractivity contribution in [2.75, 3.05) is 32.1 Å². The van der Waals surface area contributed by atoms with Crippen LogP contribution in [-0.4, -0.2) is 59.2 Å². The molecular formula is C22H29N5O4. The van der Waals surface area contributed by atoms with Crippen molar-refractivity contribution in [3.8, 4) is 0 Å². The Morgan fingerprint density at radius 2 is 1.94 bits per heavy atom. The van der Waals surface area contributed by atoms with Gasteiger partial charge >= 0.3 is 0 Å². The maximum absolute atomic E-state index is 12.8. The molecular weight excluding hydrogens is 398 g/mol. The zero-order chi connectivity index (χ0) is 22.2. The zero-order valence-electron chi connectivity index (χ0n) is 18.0. The summed E-state index contributed by atoms with van der Waals surface area (Å²) in [4.78, 5) is 39.1. The van der Waals surface area contributed by atoms with Gasteiger partial charge in [-0.3, -0.25) is 19.1 Å². The summed E-state index contributed by atoms with van der Waals surface area (Å²) in [7, 11) is 3.42. The summed E-state index contributed by atoms with van der Waals surface area (Å²) in [6, 6.07) is 9.18. The van der Waals surface area contributed by atoms with Crippen LogP contribution in [0.15, 0.2) is 30.3 Å². The number of fused-ring (bicyclic) bond motifs is 1. The van der Waals surface area contributed by atoms with E-state index in [0.717, 1.165) is 17.7 Å². The number of benzene rings is 1. The second-order valence-corrected chi connectivity index (χ2v) is 7.48. The fourth-order valence-corrected chi connectivity index (χ4v) is 3.61. The number of nitrogens with one attached hydrogen (secondary N) is 2. The minimum absolute atomic E-state index is 0.101. The summed E-state index contributed by atoms with van der Waals surface area (Å²) in [5.41, 5.74) is 2.74. The first-order valence-corrected chi connectivity index (χ1v) is 10.4. The van der Waals surface area contributed by atoms with Crippen molar-refractivity contribution < 1.29 is 19.1 Å². The Morgan fingerprint density at radius 1 is 1.16 bits per heavy atom. The van der Waals surface area contributed by atoms with E-state index in [1.165, 1.54) is 0 Å². The fraction of sp³-hybridized carbons (Fsp3) is 0.455. The normalized spacial score (nSPS) is 12.9. The van der Waals surface area contributed by atoms with E-state index in [-0.39, 0.29) is 30.6 Å². The van der Waals surface area contributed by atoms with Gasteiger partial charge in [0, 0.05) is 76.6 Å². The highest BCUT2D eigenvalue weighted by Gasteiger charge is 2.29. The number of ether oxygens (including phenoxy) is 1. The van der Waals surface area contributed by atoms with Crippen molar-refractivity contribution in [3.63, 3.8) is 0 Å². The van der Waals surface area contributed by atoms with E-state index < -0.39 is 0 Å². The molecule has 9 nitrogen and oxygen atoms in total. The van der Waals surface area contributed by atoms with Crippen molar-refractivity contribution in [1.29, 1.82) is 0 Å².